The highest BCUT2D eigenvalue weighted by molar-refractivity contribution is 5.82. The molecule has 0 heterocycles. The summed E-state index contributed by atoms with van der Waals surface area (Å²) in [5.41, 5.74) is -0.496. The van der Waals surface area contributed by atoms with Gasteiger partial charge in [0.25, 0.3) is 0 Å². The summed E-state index contributed by atoms with van der Waals surface area (Å²) in [6.07, 6.45) is 3.17. The molecular weight excluding hydrogens is 316 g/mol. The molecule has 0 radical (unpaired) electrons. The van der Waals surface area contributed by atoms with Crippen molar-refractivity contribution in [3.8, 4) is 5.75 Å². The third kappa shape index (κ3) is 4.17. The maximum absolute atomic E-state index is 13.1. The second kappa shape index (κ2) is 8.22. The Morgan fingerprint density at radius 2 is 1.88 bits per heavy atom. The molecular formula is C21H32O4. The van der Waals surface area contributed by atoms with Crippen LogP contribution in [0.2, 0.25) is 0 Å². The normalized spacial score (nSPS) is 26.1. The molecule has 0 amide bonds. The molecule has 0 saturated heterocycles. The van der Waals surface area contributed by atoms with Crippen molar-refractivity contribution in [2.45, 2.75) is 58.7 Å². The number of hydrogen-bond donors (Lipinski definition) is 0. The van der Waals surface area contributed by atoms with Crippen molar-refractivity contribution in [2.24, 2.45) is 17.8 Å². The Morgan fingerprint density at radius 3 is 2.48 bits per heavy atom. The fourth-order valence-electron chi connectivity index (χ4n) is 3.84. The van der Waals surface area contributed by atoms with E-state index < -0.39 is 5.60 Å². The Kier molecular flexibility index (Phi) is 6.50. The van der Waals surface area contributed by atoms with E-state index in [0.29, 0.717) is 29.1 Å². The third-order valence-corrected chi connectivity index (χ3v) is 5.64. The van der Waals surface area contributed by atoms with Gasteiger partial charge in [-0.15, -0.1) is 0 Å². The molecule has 0 aliphatic heterocycles. The van der Waals surface area contributed by atoms with Crippen LogP contribution in [0.5, 0.6) is 5.75 Å². The summed E-state index contributed by atoms with van der Waals surface area (Å²) in [7, 11) is 3.13. The summed E-state index contributed by atoms with van der Waals surface area (Å²) in [5, 5.41) is 0. The molecule has 4 atom stereocenters. The molecule has 1 aromatic carbocycles. The first-order valence-electron chi connectivity index (χ1n) is 9.23. The Bertz CT molecular complexity index is 583. The highest BCUT2D eigenvalue weighted by atomic mass is 16.6. The standard InChI is InChI=1S/C21H32O4/c1-14(2)16-12-11-15(3)13-19(16)25-20(22)21(4,24-6)17-9-7-8-10-18(17)23-5/h7-10,14-16,19H,11-13H2,1-6H3/t15-,16+,19-,21?/m1/s1. The van der Waals surface area contributed by atoms with Crippen LogP contribution in [0, 0.1) is 17.8 Å². The van der Waals surface area contributed by atoms with Crippen LogP contribution in [-0.2, 0) is 19.9 Å². The molecule has 4 nitrogen and oxygen atoms in total. The monoisotopic (exact) mass is 348 g/mol. The first-order chi connectivity index (χ1) is 11.8. The van der Waals surface area contributed by atoms with Crippen LogP contribution < -0.4 is 4.74 Å². The zero-order chi connectivity index (χ0) is 18.6. The number of benzene rings is 1. The number of para-hydroxylation sites is 1. The van der Waals surface area contributed by atoms with Crippen LogP contribution in [0.4, 0.5) is 0 Å². The Labute approximate surface area is 151 Å². The maximum Gasteiger partial charge on any atom is 0.343 e. The SMILES string of the molecule is COc1ccccc1C(C)(OC)C(=O)O[C@@H]1C[C@H](C)CC[C@H]1C(C)C. The Morgan fingerprint density at radius 1 is 1.20 bits per heavy atom. The Hall–Kier alpha value is -1.55. The fourth-order valence-corrected chi connectivity index (χ4v) is 3.84. The van der Waals surface area contributed by atoms with E-state index in [1.54, 1.807) is 14.0 Å². The van der Waals surface area contributed by atoms with Crippen LogP contribution in [0.3, 0.4) is 0 Å². The zero-order valence-corrected chi connectivity index (χ0v) is 16.4. The average molecular weight is 348 g/mol. The number of carbonyl (C=O) groups excluding carboxylic acids is 1. The van der Waals surface area contributed by atoms with Crippen molar-refractivity contribution in [3.05, 3.63) is 29.8 Å². The van der Waals surface area contributed by atoms with Gasteiger partial charge >= 0.3 is 5.97 Å². The van der Waals surface area contributed by atoms with Crippen molar-refractivity contribution in [1.82, 2.24) is 0 Å². The molecule has 1 aromatic rings. The number of carbonyl (C=O) groups is 1. The van der Waals surface area contributed by atoms with E-state index in [2.05, 4.69) is 20.8 Å². The highest BCUT2D eigenvalue weighted by Gasteiger charge is 2.43. The highest BCUT2D eigenvalue weighted by Crippen LogP contribution is 2.38. The van der Waals surface area contributed by atoms with Crippen molar-refractivity contribution >= 4 is 5.97 Å². The topological polar surface area (TPSA) is 44.8 Å². The summed E-state index contributed by atoms with van der Waals surface area (Å²) in [6, 6.07) is 7.44. The molecule has 1 fully saturated rings. The number of methoxy groups -OCH3 is 2. The summed E-state index contributed by atoms with van der Waals surface area (Å²) in [6.45, 7) is 8.39. The lowest BCUT2D eigenvalue weighted by Crippen LogP contribution is -2.43. The summed E-state index contributed by atoms with van der Waals surface area (Å²) < 4.78 is 17.1. The number of esters is 1. The van der Waals surface area contributed by atoms with Gasteiger partial charge in [0.15, 0.2) is 5.60 Å². The van der Waals surface area contributed by atoms with E-state index in [4.69, 9.17) is 14.2 Å². The molecule has 0 bridgehead atoms. The summed E-state index contributed by atoms with van der Waals surface area (Å²) >= 11 is 0. The van der Waals surface area contributed by atoms with Crippen LogP contribution in [0.15, 0.2) is 24.3 Å². The van der Waals surface area contributed by atoms with Crippen LogP contribution in [0.25, 0.3) is 0 Å². The smallest absolute Gasteiger partial charge is 0.343 e. The van der Waals surface area contributed by atoms with E-state index in [-0.39, 0.29) is 12.1 Å². The summed E-state index contributed by atoms with van der Waals surface area (Å²) in [4.78, 5) is 13.1. The molecule has 0 aromatic heterocycles. The van der Waals surface area contributed by atoms with Gasteiger partial charge in [-0.1, -0.05) is 45.4 Å². The van der Waals surface area contributed by atoms with Gasteiger partial charge in [-0.3, -0.25) is 0 Å². The van der Waals surface area contributed by atoms with Crippen molar-refractivity contribution < 1.29 is 19.0 Å². The van der Waals surface area contributed by atoms with Gasteiger partial charge in [0.2, 0.25) is 0 Å². The lowest BCUT2D eigenvalue weighted by atomic mass is 9.75. The predicted molar refractivity (Wildman–Crippen MR) is 98.6 cm³/mol. The minimum Gasteiger partial charge on any atom is -0.496 e. The van der Waals surface area contributed by atoms with Crippen molar-refractivity contribution in [3.63, 3.8) is 0 Å². The molecule has 1 aliphatic carbocycles. The van der Waals surface area contributed by atoms with Gasteiger partial charge in [0.05, 0.1) is 7.11 Å². The molecule has 4 heteroatoms. The van der Waals surface area contributed by atoms with Crippen molar-refractivity contribution in [1.29, 1.82) is 0 Å². The molecule has 140 valence electrons. The second-order valence-corrected chi connectivity index (χ2v) is 7.71. The van der Waals surface area contributed by atoms with Crippen LogP contribution >= 0.6 is 0 Å². The van der Waals surface area contributed by atoms with Gasteiger partial charge in [0, 0.05) is 12.7 Å². The van der Waals surface area contributed by atoms with E-state index >= 15 is 0 Å². The molecule has 2 rings (SSSR count). The molecule has 0 spiro atoms. The molecule has 0 N–H and O–H groups in total. The van der Waals surface area contributed by atoms with Crippen LogP contribution in [0.1, 0.15) is 52.5 Å². The van der Waals surface area contributed by atoms with Crippen LogP contribution in [-0.4, -0.2) is 26.3 Å². The average Bonchev–Trinajstić information content (AvgIpc) is 2.60. The van der Waals surface area contributed by atoms with Gasteiger partial charge in [-0.05, 0) is 43.6 Å². The van der Waals surface area contributed by atoms with Gasteiger partial charge in [-0.2, -0.15) is 0 Å². The quantitative estimate of drug-likeness (QED) is 0.707. The van der Waals surface area contributed by atoms with Gasteiger partial charge in [-0.25, -0.2) is 4.79 Å². The maximum atomic E-state index is 13.1. The molecule has 1 unspecified atom stereocenters. The van der Waals surface area contributed by atoms with Gasteiger partial charge in [0.1, 0.15) is 11.9 Å². The summed E-state index contributed by atoms with van der Waals surface area (Å²) in [5.74, 6) is 1.75. The third-order valence-electron chi connectivity index (χ3n) is 5.64. The lowest BCUT2D eigenvalue weighted by Gasteiger charge is -2.38. The largest absolute Gasteiger partial charge is 0.496 e. The number of hydrogen-bond acceptors (Lipinski definition) is 4. The van der Waals surface area contributed by atoms with E-state index in [9.17, 15) is 4.79 Å². The molecule has 1 saturated carbocycles. The predicted octanol–water partition coefficient (Wildman–Crippen LogP) is 4.56. The molecule has 25 heavy (non-hydrogen) atoms. The first-order valence-corrected chi connectivity index (χ1v) is 9.23. The Balaban J connectivity index is 2.26. The van der Waals surface area contributed by atoms with E-state index in [1.807, 2.05) is 24.3 Å². The minimum absolute atomic E-state index is 0.0552. The second-order valence-electron chi connectivity index (χ2n) is 7.71. The van der Waals surface area contributed by atoms with Crippen molar-refractivity contribution in [2.75, 3.05) is 14.2 Å². The lowest BCUT2D eigenvalue weighted by molar-refractivity contribution is -0.180. The van der Waals surface area contributed by atoms with Gasteiger partial charge < -0.3 is 14.2 Å². The molecule has 1 aliphatic rings. The van der Waals surface area contributed by atoms with E-state index in [0.717, 1.165) is 12.8 Å². The first kappa shape index (κ1) is 19.8. The number of rotatable bonds is 6. The zero-order valence-electron chi connectivity index (χ0n) is 16.4. The number of ether oxygens (including phenoxy) is 3. The minimum atomic E-state index is -1.19. The fraction of sp³-hybridized carbons (Fsp3) is 0.667. The van der Waals surface area contributed by atoms with E-state index in [1.165, 1.54) is 13.5 Å².